The lowest BCUT2D eigenvalue weighted by atomic mass is 10.3. The normalized spacial score (nSPS) is 13.4. The van der Waals surface area contributed by atoms with Gasteiger partial charge in [-0.25, -0.2) is 0 Å². The molecule has 1 atom stereocenters. The van der Waals surface area contributed by atoms with Gasteiger partial charge in [-0.2, -0.15) is 0 Å². The Morgan fingerprint density at radius 3 is 3.00 bits per heavy atom. The van der Waals surface area contributed by atoms with Gasteiger partial charge in [0.05, 0.1) is 6.61 Å². The molecule has 0 amide bonds. The number of nitrogens with one attached hydrogen (secondary N) is 2. The van der Waals surface area contributed by atoms with Crippen molar-refractivity contribution in [2.75, 3.05) is 26.8 Å². The van der Waals surface area contributed by atoms with E-state index in [4.69, 9.17) is 4.74 Å². The third-order valence-corrected chi connectivity index (χ3v) is 3.29. The fraction of sp³-hybridized carbons (Fsp3) is 0.615. The standard InChI is InChI=1S/C13H23N3OS/c1-4-14-13(16-11(2)10-17-3)15-8-7-12-6-5-9-18-12/h5-6,9,11H,4,7-8,10H2,1-3H3,(H2,14,15,16). The summed E-state index contributed by atoms with van der Waals surface area (Å²) in [6, 6.07) is 4.48. The Morgan fingerprint density at radius 1 is 1.56 bits per heavy atom. The molecule has 18 heavy (non-hydrogen) atoms. The van der Waals surface area contributed by atoms with E-state index in [1.807, 2.05) is 0 Å². The fourth-order valence-corrected chi connectivity index (χ4v) is 2.28. The molecular formula is C13H23N3OS. The van der Waals surface area contributed by atoms with Crippen LogP contribution in [0.1, 0.15) is 18.7 Å². The van der Waals surface area contributed by atoms with Crippen molar-refractivity contribution in [1.82, 2.24) is 10.6 Å². The summed E-state index contributed by atoms with van der Waals surface area (Å²) in [5, 5.41) is 8.66. The molecule has 1 unspecified atom stereocenters. The molecule has 0 saturated heterocycles. The molecular weight excluding hydrogens is 246 g/mol. The van der Waals surface area contributed by atoms with Gasteiger partial charge >= 0.3 is 0 Å². The SMILES string of the molecule is CCNC(=NCCc1cccs1)NC(C)COC. The Kier molecular flexibility index (Phi) is 7.44. The van der Waals surface area contributed by atoms with E-state index in [-0.39, 0.29) is 6.04 Å². The fourth-order valence-electron chi connectivity index (χ4n) is 1.58. The molecule has 0 aromatic carbocycles. The van der Waals surface area contributed by atoms with Crippen molar-refractivity contribution in [3.8, 4) is 0 Å². The van der Waals surface area contributed by atoms with E-state index < -0.39 is 0 Å². The average Bonchev–Trinajstić information content (AvgIpc) is 2.82. The number of thiophene rings is 1. The van der Waals surface area contributed by atoms with E-state index in [1.165, 1.54) is 4.88 Å². The number of guanidine groups is 1. The van der Waals surface area contributed by atoms with E-state index in [9.17, 15) is 0 Å². The second kappa shape index (κ2) is 8.94. The number of hydrogen-bond acceptors (Lipinski definition) is 3. The maximum absolute atomic E-state index is 5.10. The molecule has 0 aliphatic heterocycles. The number of nitrogens with zero attached hydrogens (tertiary/aromatic N) is 1. The summed E-state index contributed by atoms with van der Waals surface area (Å²) in [5.41, 5.74) is 0. The van der Waals surface area contributed by atoms with Crippen molar-refractivity contribution in [2.24, 2.45) is 4.99 Å². The van der Waals surface area contributed by atoms with Gasteiger partial charge in [0.1, 0.15) is 0 Å². The van der Waals surface area contributed by atoms with Gasteiger partial charge in [0.15, 0.2) is 5.96 Å². The lowest BCUT2D eigenvalue weighted by Crippen LogP contribution is -2.44. The van der Waals surface area contributed by atoms with Crippen molar-refractivity contribution >= 4 is 17.3 Å². The zero-order valence-corrected chi connectivity index (χ0v) is 12.2. The minimum Gasteiger partial charge on any atom is -0.383 e. The lowest BCUT2D eigenvalue weighted by Gasteiger charge is -2.16. The van der Waals surface area contributed by atoms with Gasteiger partial charge < -0.3 is 15.4 Å². The summed E-state index contributed by atoms with van der Waals surface area (Å²) in [6.07, 6.45) is 0.993. The van der Waals surface area contributed by atoms with Crippen LogP contribution in [0.3, 0.4) is 0 Å². The van der Waals surface area contributed by atoms with Gasteiger partial charge in [-0.05, 0) is 25.3 Å². The third kappa shape index (κ3) is 6.02. The zero-order valence-electron chi connectivity index (χ0n) is 11.4. The highest BCUT2D eigenvalue weighted by Crippen LogP contribution is 2.08. The number of aliphatic imine (C=N–C) groups is 1. The summed E-state index contributed by atoms with van der Waals surface area (Å²) < 4.78 is 5.10. The van der Waals surface area contributed by atoms with Crippen LogP contribution in [-0.2, 0) is 11.2 Å². The molecule has 1 aromatic rings. The van der Waals surface area contributed by atoms with Crippen LogP contribution in [0.15, 0.2) is 22.5 Å². The molecule has 0 bridgehead atoms. The molecule has 4 nitrogen and oxygen atoms in total. The number of methoxy groups -OCH3 is 1. The summed E-state index contributed by atoms with van der Waals surface area (Å²) in [5.74, 6) is 0.860. The largest absolute Gasteiger partial charge is 0.383 e. The molecule has 1 aromatic heterocycles. The average molecular weight is 269 g/mol. The van der Waals surface area contributed by atoms with Crippen LogP contribution in [0.2, 0.25) is 0 Å². The van der Waals surface area contributed by atoms with Crippen LogP contribution in [0.5, 0.6) is 0 Å². The maximum atomic E-state index is 5.10. The van der Waals surface area contributed by atoms with Crippen LogP contribution >= 0.6 is 11.3 Å². The predicted molar refractivity (Wildman–Crippen MR) is 78.5 cm³/mol. The highest BCUT2D eigenvalue weighted by atomic mass is 32.1. The minimum atomic E-state index is 0.259. The smallest absolute Gasteiger partial charge is 0.191 e. The van der Waals surface area contributed by atoms with E-state index >= 15 is 0 Å². The predicted octanol–water partition coefficient (Wildman–Crippen LogP) is 1.88. The van der Waals surface area contributed by atoms with E-state index in [1.54, 1.807) is 18.4 Å². The van der Waals surface area contributed by atoms with Crippen LogP contribution in [0.25, 0.3) is 0 Å². The Hall–Kier alpha value is -1.07. The number of rotatable bonds is 7. The van der Waals surface area contributed by atoms with Crippen molar-refractivity contribution in [1.29, 1.82) is 0 Å². The number of ether oxygens (including phenoxy) is 1. The van der Waals surface area contributed by atoms with Crippen LogP contribution in [0.4, 0.5) is 0 Å². The first-order valence-electron chi connectivity index (χ1n) is 6.32. The molecule has 0 fully saturated rings. The van der Waals surface area contributed by atoms with Gasteiger partial charge in [0, 0.05) is 37.5 Å². The molecule has 5 heteroatoms. The van der Waals surface area contributed by atoms with Gasteiger partial charge in [-0.15, -0.1) is 11.3 Å². The van der Waals surface area contributed by atoms with Crippen molar-refractivity contribution in [3.05, 3.63) is 22.4 Å². The minimum absolute atomic E-state index is 0.259. The Morgan fingerprint density at radius 2 is 2.39 bits per heavy atom. The highest BCUT2D eigenvalue weighted by Gasteiger charge is 2.03. The molecule has 0 spiro atoms. The topological polar surface area (TPSA) is 45.7 Å². The maximum Gasteiger partial charge on any atom is 0.191 e. The van der Waals surface area contributed by atoms with Gasteiger partial charge in [-0.3, -0.25) is 4.99 Å². The Labute approximate surface area is 113 Å². The zero-order chi connectivity index (χ0) is 13.2. The van der Waals surface area contributed by atoms with Gasteiger partial charge in [-0.1, -0.05) is 6.07 Å². The Balaban J connectivity index is 2.39. The van der Waals surface area contributed by atoms with Gasteiger partial charge in [0.2, 0.25) is 0 Å². The highest BCUT2D eigenvalue weighted by molar-refractivity contribution is 7.09. The van der Waals surface area contributed by atoms with Crippen LogP contribution in [-0.4, -0.2) is 38.8 Å². The van der Waals surface area contributed by atoms with Crippen molar-refractivity contribution in [2.45, 2.75) is 26.3 Å². The summed E-state index contributed by atoms with van der Waals surface area (Å²) in [7, 11) is 1.71. The summed E-state index contributed by atoms with van der Waals surface area (Å²) in [4.78, 5) is 5.93. The molecule has 0 aliphatic rings. The quantitative estimate of drug-likeness (QED) is 0.587. The molecule has 0 aliphatic carbocycles. The first kappa shape index (κ1) is 15.0. The second-order valence-corrected chi connectivity index (χ2v) is 5.12. The molecule has 102 valence electrons. The Bertz CT molecular complexity index is 338. The molecule has 0 saturated carbocycles. The second-order valence-electron chi connectivity index (χ2n) is 4.09. The number of hydrogen-bond donors (Lipinski definition) is 2. The summed E-state index contributed by atoms with van der Waals surface area (Å²) in [6.45, 7) is 6.49. The molecule has 1 heterocycles. The first-order chi connectivity index (χ1) is 8.76. The van der Waals surface area contributed by atoms with Gasteiger partial charge in [0.25, 0.3) is 0 Å². The molecule has 2 N–H and O–H groups in total. The van der Waals surface area contributed by atoms with E-state index in [2.05, 4.69) is 47.0 Å². The molecule has 1 rings (SSSR count). The van der Waals surface area contributed by atoms with Crippen LogP contribution in [0, 0.1) is 0 Å². The van der Waals surface area contributed by atoms with Crippen molar-refractivity contribution in [3.63, 3.8) is 0 Å². The summed E-state index contributed by atoms with van der Waals surface area (Å²) >= 11 is 1.78. The van der Waals surface area contributed by atoms with E-state index in [0.717, 1.165) is 25.5 Å². The lowest BCUT2D eigenvalue weighted by molar-refractivity contribution is 0.179. The first-order valence-corrected chi connectivity index (χ1v) is 7.20. The van der Waals surface area contributed by atoms with Crippen LogP contribution < -0.4 is 10.6 Å². The third-order valence-electron chi connectivity index (χ3n) is 2.35. The van der Waals surface area contributed by atoms with E-state index in [0.29, 0.717) is 6.61 Å². The monoisotopic (exact) mass is 269 g/mol. The molecule has 0 radical (unpaired) electrons. The van der Waals surface area contributed by atoms with Crippen molar-refractivity contribution < 1.29 is 4.74 Å².